The Morgan fingerprint density at radius 2 is 2.43 bits per heavy atom. The third kappa shape index (κ3) is 2.22. The van der Waals surface area contributed by atoms with Crippen molar-refractivity contribution in [3.8, 4) is 0 Å². The molecule has 5 nitrogen and oxygen atoms in total. The predicted molar refractivity (Wildman–Crippen MR) is 48.5 cm³/mol. The van der Waals surface area contributed by atoms with Crippen LogP contribution in [0.1, 0.15) is 0 Å². The molecule has 14 heavy (non-hydrogen) atoms. The van der Waals surface area contributed by atoms with Crippen LogP contribution >= 0.6 is 0 Å². The zero-order chi connectivity index (χ0) is 9.64. The van der Waals surface area contributed by atoms with Crippen molar-refractivity contribution in [3.05, 3.63) is 43.1 Å². The van der Waals surface area contributed by atoms with Gasteiger partial charge in [0.05, 0.1) is 6.26 Å². The molecule has 0 spiro atoms. The number of azo groups is 1. The van der Waals surface area contributed by atoms with E-state index >= 15 is 0 Å². The first-order valence-corrected chi connectivity index (χ1v) is 4.04. The molecular formula is C9H7N4O. The zero-order valence-electron chi connectivity index (χ0n) is 7.24. The van der Waals surface area contributed by atoms with Crippen molar-refractivity contribution in [2.45, 2.75) is 6.23 Å². The highest BCUT2D eigenvalue weighted by atomic mass is 16.5. The van der Waals surface area contributed by atoms with Gasteiger partial charge in [-0.15, -0.1) is 10.2 Å². The van der Waals surface area contributed by atoms with Crippen LogP contribution < -0.4 is 0 Å². The Bertz CT molecular complexity index is 372. The average molecular weight is 187 g/mol. The van der Waals surface area contributed by atoms with Crippen LogP contribution in [0.4, 0.5) is 5.82 Å². The summed E-state index contributed by atoms with van der Waals surface area (Å²) in [5.74, 6) is 0.464. The molecule has 0 aliphatic carbocycles. The minimum absolute atomic E-state index is 0.366. The summed E-state index contributed by atoms with van der Waals surface area (Å²) in [6.07, 6.45) is 10.6. The topological polar surface area (TPSA) is 59.7 Å². The second-order valence-corrected chi connectivity index (χ2v) is 2.47. The molecule has 0 amide bonds. The van der Waals surface area contributed by atoms with E-state index in [1.807, 2.05) is 6.08 Å². The van der Waals surface area contributed by atoms with E-state index < -0.39 is 0 Å². The number of allylic oxidation sites excluding steroid dienone is 2. The van der Waals surface area contributed by atoms with Crippen LogP contribution in [0.5, 0.6) is 0 Å². The molecule has 0 saturated heterocycles. The van der Waals surface area contributed by atoms with Gasteiger partial charge in [-0.2, -0.15) is 0 Å². The van der Waals surface area contributed by atoms with Gasteiger partial charge in [-0.3, -0.25) is 0 Å². The monoisotopic (exact) mass is 187 g/mol. The van der Waals surface area contributed by atoms with Crippen molar-refractivity contribution in [2.24, 2.45) is 10.2 Å². The maximum absolute atomic E-state index is 5.12. The molecule has 1 aromatic rings. The second-order valence-electron chi connectivity index (χ2n) is 2.47. The first-order chi connectivity index (χ1) is 6.95. The third-order valence-corrected chi connectivity index (χ3v) is 1.48. The van der Waals surface area contributed by atoms with E-state index in [2.05, 4.69) is 26.5 Å². The molecule has 2 rings (SSSR count). The number of ether oxygens (including phenoxy) is 1. The molecule has 0 saturated carbocycles. The van der Waals surface area contributed by atoms with E-state index in [1.54, 1.807) is 30.7 Å². The van der Waals surface area contributed by atoms with Gasteiger partial charge in [0.15, 0.2) is 12.1 Å². The van der Waals surface area contributed by atoms with Gasteiger partial charge in [0.2, 0.25) is 6.23 Å². The molecule has 1 aliphatic rings. The number of rotatable bonds is 2. The molecule has 0 N–H and O–H groups in total. The second kappa shape index (κ2) is 4.27. The Labute approximate surface area is 80.9 Å². The van der Waals surface area contributed by atoms with Crippen molar-refractivity contribution >= 4 is 5.82 Å². The van der Waals surface area contributed by atoms with E-state index in [0.29, 0.717) is 5.82 Å². The molecule has 2 heterocycles. The van der Waals surface area contributed by atoms with Gasteiger partial charge in [0, 0.05) is 12.3 Å². The van der Waals surface area contributed by atoms with Gasteiger partial charge < -0.3 is 4.74 Å². The summed E-state index contributed by atoms with van der Waals surface area (Å²) in [4.78, 5) is 7.41. The normalized spacial score (nSPS) is 19.9. The average Bonchev–Trinajstić information content (AvgIpc) is 2.29. The van der Waals surface area contributed by atoms with Crippen molar-refractivity contribution in [1.82, 2.24) is 9.97 Å². The smallest absolute Gasteiger partial charge is 0.227 e. The minimum atomic E-state index is -0.366. The molecule has 1 aromatic heterocycles. The lowest BCUT2D eigenvalue weighted by atomic mass is 10.4. The van der Waals surface area contributed by atoms with Gasteiger partial charge in [0.1, 0.15) is 0 Å². The largest absolute Gasteiger partial charge is 0.471 e. The molecule has 0 bridgehead atoms. The van der Waals surface area contributed by atoms with Crippen molar-refractivity contribution in [1.29, 1.82) is 0 Å². The Morgan fingerprint density at radius 3 is 3.14 bits per heavy atom. The van der Waals surface area contributed by atoms with Crippen molar-refractivity contribution in [3.63, 3.8) is 0 Å². The summed E-state index contributed by atoms with van der Waals surface area (Å²) < 4.78 is 5.12. The van der Waals surface area contributed by atoms with Crippen LogP contribution in [-0.2, 0) is 4.74 Å². The van der Waals surface area contributed by atoms with Crippen molar-refractivity contribution < 1.29 is 4.74 Å². The van der Waals surface area contributed by atoms with Gasteiger partial charge in [-0.25, -0.2) is 9.97 Å². The fourth-order valence-electron chi connectivity index (χ4n) is 0.868. The van der Waals surface area contributed by atoms with E-state index in [0.717, 1.165) is 0 Å². The predicted octanol–water partition coefficient (Wildman–Crippen LogP) is 1.79. The quantitative estimate of drug-likeness (QED) is 0.663. The third-order valence-electron chi connectivity index (χ3n) is 1.48. The van der Waals surface area contributed by atoms with E-state index in [4.69, 9.17) is 4.74 Å². The summed E-state index contributed by atoms with van der Waals surface area (Å²) in [5.41, 5.74) is 0. The molecule has 1 atom stereocenters. The van der Waals surface area contributed by atoms with Gasteiger partial charge in [-0.05, 0) is 12.2 Å². The fraction of sp³-hybridized carbons (Fsp3) is 0.111. The van der Waals surface area contributed by atoms with E-state index in [9.17, 15) is 0 Å². The molecule has 1 aliphatic heterocycles. The standard InChI is InChI=1S/C9H7N4O/c1-2-6-14-9(3-1)13-12-8-4-5-10-7-11-8/h1-6,9H. The molecule has 69 valence electrons. The Kier molecular flexibility index (Phi) is 2.61. The fourth-order valence-corrected chi connectivity index (χ4v) is 0.868. The number of aromatic nitrogens is 2. The lowest BCUT2D eigenvalue weighted by Crippen LogP contribution is -2.02. The molecular weight excluding hydrogens is 180 g/mol. The van der Waals surface area contributed by atoms with E-state index in [1.165, 1.54) is 0 Å². The van der Waals surface area contributed by atoms with Crippen molar-refractivity contribution in [2.75, 3.05) is 0 Å². The first kappa shape index (κ1) is 8.55. The number of hydrogen-bond donors (Lipinski definition) is 0. The van der Waals surface area contributed by atoms with Crippen LogP contribution in [0.3, 0.4) is 0 Å². The van der Waals surface area contributed by atoms with Gasteiger partial charge >= 0.3 is 0 Å². The Balaban J connectivity index is 2.01. The molecule has 5 heteroatoms. The Morgan fingerprint density at radius 1 is 1.43 bits per heavy atom. The highest BCUT2D eigenvalue weighted by Gasteiger charge is 2.02. The summed E-state index contributed by atoms with van der Waals surface area (Å²) in [6.45, 7) is 0. The van der Waals surface area contributed by atoms with Gasteiger partial charge in [-0.1, -0.05) is 6.08 Å². The molecule has 1 unspecified atom stereocenters. The van der Waals surface area contributed by atoms with Crippen LogP contribution in [-0.4, -0.2) is 16.2 Å². The van der Waals surface area contributed by atoms with E-state index in [-0.39, 0.29) is 6.23 Å². The SMILES string of the molecule is [c]1nccc(N=NC2C=CC=CO2)n1. The first-order valence-electron chi connectivity index (χ1n) is 4.04. The minimum Gasteiger partial charge on any atom is -0.471 e. The molecule has 0 aromatic carbocycles. The van der Waals surface area contributed by atoms with Crippen LogP contribution in [0.2, 0.25) is 0 Å². The highest BCUT2D eigenvalue weighted by Crippen LogP contribution is 2.09. The zero-order valence-corrected chi connectivity index (χ0v) is 7.24. The summed E-state index contributed by atoms with van der Waals surface area (Å²) in [7, 11) is 0. The maximum atomic E-state index is 5.12. The molecule has 1 radical (unpaired) electrons. The number of hydrogen-bond acceptors (Lipinski definition) is 5. The maximum Gasteiger partial charge on any atom is 0.227 e. The van der Waals surface area contributed by atoms with Gasteiger partial charge in [0.25, 0.3) is 0 Å². The number of nitrogens with zero attached hydrogens (tertiary/aromatic N) is 4. The van der Waals surface area contributed by atoms with Crippen LogP contribution in [0, 0.1) is 6.33 Å². The highest BCUT2D eigenvalue weighted by molar-refractivity contribution is 5.21. The lowest BCUT2D eigenvalue weighted by Gasteiger charge is -2.07. The summed E-state index contributed by atoms with van der Waals surface area (Å²) >= 11 is 0. The summed E-state index contributed by atoms with van der Waals surface area (Å²) in [5, 5.41) is 7.77. The Hall–Kier alpha value is -2.04. The van der Waals surface area contributed by atoms with Crippen LogP contribution in [0.25, 0.3) is 0 Å². The summed E-state index contributed by atoms with van der Waals surface area (Å²) in [6, 6.07) is 1.64. The molecule has 0 fully saturated rings. The van der Waals surface area contributed by atoms with Crippen LogP contribution in [0.15, 0.2) is 47.0 Å². The lowest BCUT2D eigenvalue weighted by molar-refractivity contribution is 0.185.